The number of anilines is 1. The van der Waals surface area contributed by atoms with E-state index in [0.717, 1.165) is 22.3 Å². The van der Waals surface area contributed by atoms with E-state index < -0.39 is 0 Å². The Hall–Kier alpha value is -2.89. The van der Waals surface area contributed by atoms with Crippen LogP contribution in [0.1, 0.15) is 25.6 Å². The molecular formula is C18H21N5O. The van der Waals surface area contributed by atoms with E-state index in [-0.39, 0.29) is 12.1 Å². The van der Waals surface area contributed by atoms with Gasteiger partial charge in [0, 0.05) is 42.0 Å². The molecule has 0 spiro atoms. The minimum atomic E-state index is -0.221. The molecule has 6 nitrogen and oxygen atoms in total. The quantitative estimate of drug-likeness (QED) is 0.756. The second kappa shape index (κ2) is 7.12. The standard InChI is InChI=1S/C18H21N5O/c1-13(2)23-17-11-16(7-6-14(17)12-21-23)22-18(24)20-10-8-15-5-3-4-9-19-15/h3-7,9,11-13H,8,10H2,1-2H3,(H2,20,22,24). The van der Waals surface area contributed by atoms with Crippen LogP contribution in [0, 0.1) is 0 Å². The van der Waals surface area contributed by atoms with E-state index in [1.165, 1.54) is 0 Å². The molecule has 0 atom stereocenters. The molecule has 0 aliphatic carbocycles. The first-order chi connectivity index (χ1) is 11.6. The zero-order chi connectivity index (χ0) is 16.9. The topological polar surface area (TPSA) is 71.8 Å². The maximum Gasteiger partial charge on any atom is 0.319 e. The number of nitrogens with zero attached hydrogens (tertiary/aromatic N) is 3. The van der Waals surface area contributed by atoms with E-state index in [2.05, 4.69) is 34.6 Å². The number of pyridine rings is 1. The summed E-state index contributed by atoms with van der Waals surface area (Å²) in [4.78, 5) is 16.3. The third kappa shape index (κ3) is 3.71. The average molecular weight is 323 g/mol. The van der Waals surface area contributed by atoms with Gasteiger partial charge in [0.1, 0.15) is 0 Å². The SMILES string of the molecule is CC(C)n1ncc2ccc(NC(=O)NCCc3ccccn3)cc21. The Labute approximate surface area is 140 Å². The number of benzene rings is 1. The van der Waals surface area contributed by atoms with Crippen molar-refractivity contribution < 1.29 is 4.79 Å². The lowest BCUT2D eigenvalue weighted by atomic mass is 10.2. The number of aromatic nitrogens is 3. The van der Waals surface area contributed by atoms with Crippen molar-refractivity contribution >= 4 is 22.6 Å². The molecule has 0 unspecified atom stereocenters. The fourth-order valence-corrected chi connectivity index (χ4v) is 2.55. The molecule has 2 heterocycles. The highest BCUT2D eigenvalue weighted by molar-refractivity contribution is 5.92. The second-order valence-electron chi connectivity index (χ2n) is 5.91. The maximum absolute atomic E-state index is 12.0. The lowest BCUT2D eigenvalue weighted by Crippen LogP contribution is -2.30. The van der Waals surface area contributed by atoms with Gasteiger partial charge in [0.2, 0.25) is 0 Å². The molecule has 3 aromatic rings. The number of carbonyl (C=O) groups excluding carboxylic acids is 1. The summed E-state index contributed by atoms with van der Waals surface area (Å²) in [6.07, 6.45) is 4.29. The van der Waals surface area contributed by atoms with Crippen molar-refractivity contribution in [2.75, 3.05) is 11.9 Å². The first-order valence-corrected chi connectivity index (χ1v) is 8.05. The van der Waals surface area contributed by atoms with Gasteiger partial charge in [0.15, 0.2) is 0 Å². The van der Waals surface area contributed by atoms with Crippen molar-refractivity contribution in [3.63, 3.8) is 0 Å². The molecule has 0 saturated carbocycles. The van der Waals surface area contributed by atoms with Crippen molar-refractivity contribution in [2.45, 2.75) is 26.3 Å². The van der Waals surface area contributed by atoms with E-state index in [1.807, 2.05) is 47.3 Å². The van der Waals surface area contributed by atoms with Crippen LogP contribution in [0.15, 0.2) is 48.8 Å². The zero-order valence-electron chi connectivity index (χ0n) is 13.9. The Kier molecular flexibility index (Phi) is 4.74. The van der Waals surface area contributed by atoms with Crippen LogP contribution in [0.5, 0.6) is 0 Å². The first kappa shape index (κ1) is 16.0. The van der Waals surface area contributed by atoms with Gasteiger partial charge in [0.05, 0.1) is 11.7 Å². The van der Waals surface area contributed by atoms with Crippen LogP contribution in [0.3, 0.4) is 0 Å². The number of amides is 2. The molecule has 2 aromatic heterocycles. The van der Waals surface area contributed by atoms with Crippen LogP contribution < -0.4 is 10.6 Å². The largest absolute Gasteiger partial charge is 0.337 e. The molecule has 6 heteroatoms. The van der Waals surface area contributed by atoms with Crippen LogP contribution in [0.2, 0.25) is 0 Å². The third-order valence-corrected chi connectivity index (χ3v) is 3.74. The first-order valence-electron chi connectivity index (χ1n) is 8.05. The molecule has 0 bridgehead atoms. The number of fused-ring (bicyclic) bond motifs is 1. The van der Waals surface area contributed by atoms with E-state index >= 15 is 0 Å². The van der Waals surface area contributed by atoms with Crippen LogP contribution in [-0.4, -0.2) is 27.3 Å². The van der Waals surface area contributed by atoms with E-state index in [1.54, 1.807) is 6.20 Å². The van der Waals surface area contributed by atoms with E-state index in [0.29, 0.717) is 13.0 Å². The second-order valence-corrected chi connectivity index (χ2v) is 5.91. The molecule has 24 heavy (non-hydrogen) atoms. The number of nitrogens with one attached hydrogen (secondary N) is 2. The Morgan fingerprint density at radius 1 is 1.25 bits per heavy atom. The van der Waals surface area contributed by atoms with Gasteiger partial charge in [-0.1, -0.05) is 6.07 Å². The fraction of sp³-hybridized carbons (Fsp3) is 0.278. The normalized spacial score (nSPS) is 11.0. The summed E-state index contributed by atoms with van der Waals surface area (Å²) >= 11 is 0. The zero-order valence-corrected chi connectivity index (χ0v) is 13.9. The lowest BCUT2D eigenvalue weighted by Gasteiger charge is -2.10. The average Bonchev–Trinajstić information content (AvgIpc) is 2.99. The summed E-state index contributed by atoms with van der Waals surface area (Å²) in [5.74, 6) is 0. The van der Waals surface area contributed by atoms with E-state index in [4.69, 9.17) is 0 Å². The van der Waals surface area contributed by atoms with Gasteiger partial charge < -0.3 is 10.6 Å². The van der Waals surface area contributed by atoms with Crippen molar-refractivity contribution in [3.8, 4) is 0 Å². The Morgan fingerprint density at radius 2 is 2.12 bits per heavy atom. The fourth-order valence-electron chi connectivity index (χ4n) is 2.55. The molecule has 3 rings (SSSR count). The molecule has 0 aliphatic rings. The summed E-state index contributed by atoms with van der Waals surface area (Å²) in [6.45, 7) is 4.70. The Morgan fingerprint density at radius 3 is 2.88 bits per heavy atom. The smallest absolute Gasteiger partial charge is 0.319 e. The van der Waals surface area contributed by atoms with Crippen molar-refractivity contribution in [1.29, 1.82) is 0 Å². The lowest BCUT2D eigenvalue weighted by molar-refractivity contribution is 0.252. The van der Waals surface area contributed by atoms with Crippen LogP contribution >= 0.6 is 0 Å². The summed E-state index contributed by atoms with van der Waals surface area (Å²) in [6, 6.07) is 11.6. The molecule has 0 saturated heterocycles. The number of rotatable bonds is 5. The monoisotopic (exact) mass is 323 g/mol. The summed E-state index contributed by atoms with van der Waals surface area (Å²) in [7, 11) is 0. The molecular weight excluding hydrogens is 302 g/mol. The van der Waals surface area contributed by atoms with Gasteiger partial charge in [-0.25, -0.2) is 4.79 Å². The van der Waals surface area contributed by atoms with Gasteiger partial charge in [-0.3, -0.25) is 9.67 Å². The predicted molar refractivity (Wildman–Crippen MR) is 95.1 cm³/mol. The summed E-state index contributed by atoms with van der Waals surface area (Å²) in [5, 5.41) is 11.2. The van der Waals surface area contributed by atoms with Crippen LogP contribution in [-0.2, 0) is 6.42 Å². The maximum atomic E-state index is 12.0. The number of hydrogen-bond acceptors (Lipinski definition) is 3. The van der Waals surface area contributed by atoms with E-state index in [9.17, 15) is 4.79 Å². The molecule has 124 valence electrons. The summed E-state index contributed by atoms with van der Waals surface area (Å²) < 4.78 is 1.94. The highest BCUT2D eigenvalue weighted by atomic mass is 16.2. The molecule has 0 aliphatic heterocycles. The summed E-state index contributed by atoms with van der Waals surface area (Å²) in [5.41, 5.74) is 2.72. The Bertz CT molecular complexity index is 826. The van der Waals surface area contributed by atoms with Crippen molar-refractivity contribution in [1.82, 2.24) is 20.1 Å². The molecule has 0 fully saturated rings. The molecule has 0 radical (unpaired) electrons. The minimum absolute atomic E-state index is 0.221. The Balaban J connectivity index is 1.59. The van der Waals surface area contributed by atoms with Gasteiger partial charge >= 0.3 is 6.03 Å². The minimum Gasteiger partial charge on any atom is -0.337 e. The van der Waals surface area contributed by atoms with Gasteiger partial charge in [-0.05, 0) is 44.2 Å². The molecule has 2 amide bonds. The van der Waals surface area contributed by atoms with Gasteiger partial charge in [-0.15, -0.1) is 0 Å². The van der Waals surface area contributed by atoms with Crippen LogP contribution in [0.4, 0.5) is 10.5 Å². The predicted octanol–water partition coefficient (Wildman–Crippen LogP) is 3.38. The third-order valence-electron chi connectivity index (χ3n) is 3.74. The molecule has 1 aromatic carbocycles. The van der Waals surface area contributed by atoms with Gasteiger partial charge in [0.25, 0.3) is 0 Å². The number of hydrogen-bond donors (Lipinski definition) is 2. The van der Waals surface area contributed by atoms with Crippen molar-refractivity contribution in [3.05, 3.63) is 54.5 Å². The highest BCUT2D eigenvalue weighted by Crippen LogP contribution is 2.21. The molecule has 2 N–H and O–H groups in total. The highest BCUT2D eigenvalue weighted by Gasteiger charge is 2.08. The van der Waals surface area contributed by atoms with Gasteiger partial charge in [-0.2, -0.15) is 5.10 Å². The number of carbonyl (C=O) groups is 1. The van der Waals surface area contributed by atoms with Crippen LogP contribution in [0.25, 0.3) is 10.9 Å². The van der Waals surface area contributed by atoms with Crippen molar-refractivity contribution in [2.24, 2.45) is 0 Å². The number of urea groups is 1.